The van der Waals surface area contributed by atoms with Gasteiger partial charge in [0.1, 0.15) is 11.6 Å². The molecule has 2 aromatic carbocycles. The van der Waals surface area contributed by atoms with E-state index in [9.17, 15) is 14.0 Å². The van der Waals surface area contributed by atoms with Crippen LogP contribution in [0.1, 0.15) is 30.8 Å². The van der Waals surface area contributed by atoms with Crippen molar-refractivity contribution in [2.75, 3.05) is 0 Å². The maximum absolute atomic E-state index is 14.4. The fourth-order valence-corrected chi connectivity index (χ4v) is 2.98. The third-order valence-corrected chi connectivity index (χ3v) is 4.50. The molecule has 0 bridgehead atoms. The monoisotopic (exact) mass is 381 g/mol. The van der Waals surface area contributed by atoms with Gasteiger partial charge in [0.05, 0.1) is 16.6 Å². The van der Waals surface area contributed by atoms with Crippen molar-refractivity contribution in [2.45, 2.75) is 26.7 Å². The van der Waals surface area contributed by atoms with E-state index in [1.807, 2.05) is 31.2 Å². The van der Waals surface area contributed by atoms with Crippen molar-refractivity contribution in [1.29, 1.82) is 0 Å². The van der Waals surface area contributed by atoms with Gasteiger partial charge in [-0.15, -0.1) is 0 Å². The number of nitrogens with one attached hydrogen (secondary N) is 1. The standard InChI is InChI=1S/C21H20FN3O3/c1-3-13-5-8-15(9-6-13)25-19(4-2)23-18-12-17(22)14(7-10-20(26)24-28)11-16(18)21(25)27/h5-12,28H,3-4H2,1-2H3,(H,24,26)/b10-7+. The number of halogens is 1. The van der Waals surface area contributed by atoms with Crippen molar-refractivity contribution in [1.82, 2.24) is 15.0 Å². The van der Waals surface area contributed by atoms with Crippen LogP contribution in [-0.4, -0.2) is 20.7 Å². The van der Waals surface area contributed by atoms with Gasteiger partial charge in [-0.3, -0.25) is 19.4 Å². The molecule has 6 nitrogen and oxygen atoms in total. The van der Waals surface area contributed by atoms with Gasteiger partial charge in [-0.2, -0.15) is 0 Å². The summed E-state index contributed by atoms with van der Waals surface area (Å²) in [4.78, 5) is 28.8. The van der Waals surface area contributed by atoms with Gasteiger partial charge >= 0.3 is 0 Å². The van der Waals surface area contributed by atoms with E-state index in [0.717, 1.165) is 18.1 Å². The number of aryl methyl sites for hydroxylation is 2. The van der Waals surface area contributed by atoms with Crippen LogP contribution in [0.15, 0.2) is 47.3 Å². The molecule has 0 saturated heterocycles. The summed E-state index contributed by atoms with van der Waals surface area (Å²) in [6, 6.07) is 10.2. The van der Waals surface area contributed by atoms with E-state index in [-0.39, 0.29) is 22.0 Å². The highest BCUT2D eigenvalue weighted by Gasteiger charge is 2.14. The highest BCUT2D eigenvalue weighted by molar-refractivity contribution is 5.91. The molecule has 0 aliphatic rings. The van der Waals surface area contributed by atoms with Gasteiger partial charge in [0.15, 0.2) is 0 Å². The molecule has 0 atom stereocenters. The lowest BCUT2D eigenvalue weighted by molar-refractivity contribution is -0.124. The average Bonchev–Trinajstić information content (AvgIpc) is 2.72. The van der Waals surface area contributed by atoms with Gasteiger partial charge in [-0.1, -0.05) is 26.0 Å². The van der Waals surface area contributed by atoms with Crippen LogP contribution in [0.25, 0.3) is 22.7 Å². The third-order valence-electron chi connectivity index (χ3n) is 4.50. The first-order chi connectivity index (χ1) is 13.5. The SMILES string of the molecule is CCc1ccc(-n2c(CC)nc3cc(F)c(/C=C/C(=O)NO)cc3c2=O)cc1. The first-order valence-electron chi connectivity index (χ1n) is 8.95. The Morgan fingerprint density at radius 1 is 1.21 bits per heavy atom. The van der Waals surface area contributed by atoms with Crippen molar-refractivity contribution < 1.29 is 14.4 Å². The number of nitrogens with zero attached hydrogens (tertiary/aromatic N) is 2. The molecule has 1 aromatic heterocycles. The molecular weight excluding hydrogens is 361 g/mol. The van der Waals surface area contributed by atoms with Crippen molar-refractivity contribution in [3.63, 3.8) is 0 Å². The summed E-state index contributed by atoms with van der Waals surface area (Å²) in [6.07, 6.45) is 3.55. The molecule has 2 N–H and O–H groups in total. The van der Waals surface area contributed by atoms with Crippen LogP contribution in [0.5, 0.6) is 0 Å². The van der Waals surface area contributed by atoms with Crippen LogP contribution in [0, 0.1) is 5.82 Å². The Labute approximate surface area is 160 Å². The van der Waals surface area contributed by atoms with Crippen LogP contribution in [-0.2, 0) is 17.6 Å². The maximum atomic E-state index is 14.4. The molecule has 7 heteroatoms. The molecule has 0 aliphatic carbocycles. The van der Waals surface area contributed by atoms with E-state index in [1.54, 1.807) is 0 Å². The number of benzene rings is 2. The summed E-state index contributed by atoms with van der Waals surface area (Å²) in [7, 11) is 0. The lowest BCUT2D eigenvalue weighted by atomic mass is 10.1. The number of carbonyl (C=O) groups is 1. The molecule has 3 rings (SSSR count). The molecule has 3 aromatic rings. The second-order valence-corrected chi connectivity index (χ2v) is 6.24. The minimum absolute atomic E-state index is 0.0483. The zero-order chi connectivity index (χ0) is 20.3. The first kappa shape index (κ1) is 19.4. The van der Waals surface area contributed by atoms with E-state index in [0.29, 0.717) is 17.9 Å². The van der Waals surface area contributed by atoms with Gasteiger partial charge in [-0.25, -0.2) is 14.9 Å². The van der Waals surface area contributed by atoms with Crippen LogP contribution >= 0.6 is 0 Å². The molecular formula is C21H20FN3O3. The summed E-state index contributed by atoms with van der Waals surface area (Å²) < 4.78 is 15.9. The van der Waals surface area contributed by atoms with E-state index in [1.165, 1.54) is 28.3 Å². The van der Waals surface area contributed by atoms with Crippen LogP contribution < -0.4 is 11.0 Å². The van der Waals surface area contributed by atoms with Crippen LogP contribution in [0.2, 0.25) is 0 Å². The fourth-order valence-electron chi connectivity index (χ4n) is 2.98. The zero-order valence-corrected chi connectivity index (χ0v) is 15.6. The van der Waals surface area contributed by atoms with Gasteiger partial charge in [0.2, 0.25) is 0 Å². The highest BCUT2D eigenvalue weighted by Crippen LogP contribution is 2.19. The smallest absolute Gasteiger partial charge is 0.267 e. The number of aromatic nitrogens is 2. The first-order valence-corrected chi connectivity index (χ1v) is 8.95. The minimum atomic E-state index is -0.799. The molecule has 0 radical (unpaired) electrons. The summed E-state index contributed by atoms with van der Waals surface area (Å²) in [5.41, 5.74) is 3.26. The number of rotatable bonds is 5. The largest absolute Gasteiger partial charge is 0.288 e. The second-order valence-electron chi connectivity index (χ2n) is 6.24. The van der Waals surface area contributed by atoms with E-state index >= 15 is 0 Å². The van der Waals surface area contributed by atoms with E-state index in [2.05, 4.69) is 11.9 Å². The molecule has 1 amide bonds. The number of hydrogen-bond donors (Lipinski definition) is 2. The molecule has 0 aliphatic heterocycles. The summed E-state index contributed by atoms with van der Waals surface area (Å²) in [6.45, 7) is 3.93. The molecule has 144 valence electrons. The Morgan fingerprint density at radius 3 is 2.54 bits per heavy atom. The van der Waals surface area contributed by atoms with Gasteiger partial charge in [0.25, 0.3) is 11.5 Å². The highest BCUT2D eigenvalue weighted by atomic mass is 19.1. The molecule has 0 spiro atoms. The number of carbonyl (C=O) groups excluding carboxylic acids is 1. The molecule has 28 heavy (non-hydrogen) atoms. The normalized spacial score (nSPS) is 11.3. The summed E-state index contributed by atoms with van der Waals surface area (Å²) >= 11 is 0. The summed E-state index contributed by atoms with van der Waals surface area (Å²) in [5.74, 6) is -0.884. The number of amides is 1. The molecule has 0 fully saturated rings. The Balaban J connectivity index is 2.22. The Morgan fingerprint density at radius 2 is 1.93 bits per heavy atom. The number of fused-ring (bicyclic) bond motifs is 1. The summed E-state index contributed by atoms with van der Waals surface area (Å²) in [5, 5.41) is 8.79. The Bertz CT molecular complexity index is 1120. The van der Waals surface area contributed by atoms with Gasteiger partial charge < -0.3 is 0 Å². The van der Waals surface area contributed by atoms with Crippen molar-refractivity contribution in [3.8, 4) is 5.69 Å². The Kier molecular flexibility index (Phi) is 5.65. The predicted molar refractivity (Wildman–Crippen MR) is 105 cm³/mol. The van der Waals surface area contributed by atoms with Gasteiger partial charge in [-0.05, 0) is 36.3 Å². The van der Waals surface area contributed by atoms with E-state index < -0.39 is 11.7 Å². The maximum Gasteiger partial charge on any atom is 0.267 e. The molecule has 0 saturated carbocycles. The molecule has 1 heterocycles. The van der Waals surface area contributed by atoms with Crippen molar-refractivity contribution in [2.24, 2.45) is 0 Å². The number of hydrogen-bond acceptors (Lipinski definition) is 4. The topological polar surface area (TPSA) is 84.2 Å². The number of hydroxylamine groups is 1. The fraction of sp³-hybridized carbons (Fsp3) is 0.190. The minimum Gasteiger partial charge on any atom is -0.288 e. The van der Waals surface area contributed by atoms with Crippen molar-refractivity contribution in [3.05, 3.63) is 75.6 Å². The predicted octanol–water partition coefficient (Wildman–Crippen LogP) is 3.17. The van der Waals surface area contributed by atoms with Crippen molar-refractivity contribution >= 4 is 22.9 Å². The lowest BCUT2D eigenvalue weighted by Crippen LogP contribution is -2.24. The second kappa shape index (κ2) is 8.14. The zero-order valence-electron chi connectivity index (χ0n) is 15.6. The lowest BCUT2D eigenvalue weighted by Gasteiger charge is -2.13. The van der Waals surface area contributed by atoms with Crippen LogP contribution in [0.4, 0.5) is 4.39 Å². The van der Waals surface area contributed by atoms with E-state index in [4.69, 9.17) is 5.21 Å². The van der Waals surface area contributed by atoms with Crippen LogP contribution in [0.3, 0.4) is 0 Å². The molecule has 0 unspecified atom stereocenters. The quantitative estimate of drug-likeness (QED) is 0.404. The third kappa shape index (κ3) is 3.70. The average molecular weight is 381 g/mol. The Hall–Kier alpha value is -3.32. The van der Waals surface area contributed by atoms with Gasteiger partial charge in [0, 0.05) is 24.1 Å².